The molecule has 2 rings (SSSR count). The first-order valence-corrected chi connectivity index (χ1v) is 7.58. The van der Waals surface area contributed by atoms with Crippen LogP contribution in [0.1, 0.15) is 5.56 Å². The number of nitrogens with two attached hydrogens (primary N) is 1. The zero-order valence-corrected chi connectivity index (χ0v) is 17.4. The number of hydrogen-bond donors (Lipinski definition) is 2. The number of aliphatic imine (C=N–C) groups is 1. The Bertz CT molecular complexity index is 829. The average molecular weight is 488 g/mol. The van der Waals surface area contributed by atoms with E-state index in [9.17, 15) is 10.1 Å². The van der Waals surface area contributed by atoms with Crippen molar-refractivity contribution in [2.45, 2.75) is 6.54 Å². The van der Waals surface area contributed by atoms with Crippen LogP contribution in [0.25, 0.3) is 0 Å². The molecule has 9 nitrogen and oxygen atoms in total. The lowest BCUT2D eigenvalue weighted by molar-refractivity contribution is -0.384. The number of guanidine groups is 1. The van der Waals surface area contributed by atoms with Crippen molar-refractivity contribution < 1.29 is 19.1 Å². The Hall–Kier alpha value is -2.76. The molecule has 2 aromatic carbocycles. The maximum Gasteiger partial charge on any atom is 0.270 e. The van der Waals surface area contributed by atoms with Crippen molar-refractivity contribution >= 4 is 41.3 Å². The molecule has 0 aromatic heterocycles. The van der Waals surface area contributed by atoms with Gasteiger partial charge in [0.1, 0.15) is 5.75 Å². The van der Waals surface area contributed by atoms with E-state index in [0.717, 1.165) is 0 Å². The van der Waals surface area contributed by atoms with Crippen molar-refractivity contribution in [2.75, 3.05) is 26.6 Å². The standard InChI is InChI=1S/C17H20N4O5.HI/c1-24-14-7-5-13(21(22)23)8-11(14)10-19-17(18)20-12-4-6-15(25-2)16(9-12)26-3;/h4-9H,10H2,1-3H3,(H3,18,19,20);1H. The summed E-state index contributed by atoms with van der Waals surface area (Å²) in [6.45, 7) is 0.122. The van der Waals surface area contributed by atoms with E-state index < -0.39 is 4.92 Å². The van der Waals surface area contributed by atoms with E-state index in [1.54, 1.807) is 25.3 Å². The van der Waals surface area contributed by atoms with Gasteiger partial charge in [-0.3, -0.25) is 10.1 Å². The van der Waals surface area contributed by atoms with Crippen molar-refractivity contribution in [1.82, 2.24) is 0 Å². The number of halogens is 1. The summed E-state index contributed by atoms with van der Waals surface area (Å²) in [5.74, 6) is 1.78. The summed E-state index contributed by atoms with van der Waals surface area (Å²) in [4.78, 5) is 14.6. The maximum absolute atomic E-state index is 10.9. The van der Waals surface area contributed by atoms with Crippen LogP contribution in [0.2, 0.25) is 0 Å². The summed E-state index contributed by atoms with van der Waals surface area (Å²) in [6.07, 6.45) is 0. The molecule has 0 fully saturated rings. The Kier molecular flexibility index (Phi) is 8.59. The highest BCUT2D eigenvalue weighted by molar-refractivity contribution is 14.0. The number of methoxy groups -OCH3 is 3. The minimum absolute atomic E-state index is 0. The number of rotatable bonds is 7. The summed E-state index contributed by atoms with van der Waals surface area (Å²) in [6, 6.07) is 9.52. The van der Waals surface area contributed by atoms with Crippen molar-refractivity contribution in [2.24, 2.45) is 10.7 Å². The van der Waals surface area contributed by atoms with Gasteiger partial charge >= 0.3 is 0 Å². The first-order chi connectivity index (χ1) is 12.5. The molecule has 0 aliphatic heterocycles. The summed E-state index contributed by atoms with van der Waals surface area (Å²) < 4.78 is 15.6. The third kappa shape index (κ3) is 5.88. The number of ether oxygens (including phenoxy) is 3. The lowest BCUT2D eigenvalue weighted by Gasteiger charge is -2.11. The molecule has 0 spiro atoms. The molecule has 27 heavy (non-hydrogen) atoms. The Morgan fingerprint density at radius 1 is 1.07 bits per heavy atom. The van der Waals surface area contributed by atoms with Crippen molar-refractivity contribution in [3.63, 3.8) is 0 Å². The zero-order chi connectivity index (χ0) is 19.1. The Morgan fingerprint density at radius 3 is 2.30 bits per heavy atom. The van der Waals surface area contributed by atoms with E-state index in [2.05, 4.69) is 10.3 Å². The maximum atomic E-state index is 10.9. The van der Waals surface area contributed by atoms with Crippen LogP contribution in [0.4, 0.5) is 11.4 Å². The van der Waals surface area contributed by atoms with E-state index in [1.165, 1.54) is 32.4 Å². The van der Waals surface area contributed by atoms with E-state index >= 15 is 0 Å². The SMILES string of the molecule is COc1ccc([N+](=O)[O-])cc1CN=C(N)Nc1ccc(OC)c(OC)c1.I. The van der Waals surface area contributed by atoms with Gasteiger partial charge in [0, 0.05) is 29.4 Å². The van der Waals surface area contributed by atoms with Crippen LogP contribution in [0.5, 0.6) is 17.2 Å². The van der Waals surface area contributed by atoms with Crippen LogP contribution < -0.4 is 25.3 Å². The number of benzene rings is 2. The Balaban J connectivity index is 0.00000364. The highest BCUT2D eigenvalue weighted by Gasteiger charge is 2.11. The van der Waals surface area contributed by atoms with Gasteiger partial charge in [-0.1, -0.05) is 0 Å². The largest absolute Gasteiger partial charge is 0.496 e. The first-order valence-electron chi connectivity index (χ1n) is 7.58. The number of hydrogen-bond acceptors (Lipinski definition) is 6. The number of nitrogens with zero attached hydrogens (tertiary/aromatic N) is 2. The van der Waals surface area contributed by atoms with Crippen LogP contribution in [-0.2, 0) is 6.54 Å². The quantitative estimate of drug-likeness (QED) is 0.202. The van der Waals surface area contributed by atoms with Gasteiger partial charge in [0.2, 0.25) is 0 Å². The normalized spacial score (nSPS) is 10.6. The van der Waals surface area contributed by atoms with Crippen LogP contribution >= 0.6 is 24.0 Å². The number of nitro benzene ring substituents is 1. The summed E-state index contributed by atoms with van der Waals surface area (Å²) in [7, 11) is 4.57. The fraction of sp³-hybridized carbons (Fsp3) is 0.235. The molecular formula is C17H21IN4O5. The fourth-order valence-corrected chi connectivity index (χ4v) is 2.27. The topological polar surface area (TPSA) is 121 Å². The van der Waals surface area contributed by atoms with Crippen LogP contribution in [-0.4, -0.2) is 32.2 Å². The molecule has 0 atom stereocenters. The minimum atomic E-state index is -0.474. The van der Waals surface area contributed by atoms with E-state index in [1.807, 2.05) is 0 Å². The highest BCUT2D eigenvalue weighted by atomic mass is 127. The third-order valence-corrected chi connectivity index (χ3v) is 3.55. The van der Waals surface area contributed by atoms with Crippen LogP contribution in [0.3, 0.4) is 0 Å². The molecule has 3 N–H and O–H groups in total. The van der Waals surface area contributed by atoms with Crippen LogP contribution in [0, 0.1) is 10.1 Å². The molecule has 0 amide bonds. The molecule has 0 bridgehead atoms. The second kappa shape index (κ2) is 10.4. The van der Waals surface area contributed by atoms with E-state index in [-0.39, 0.29) is 42.2 Å². The van der Waals surface area contributed by atoms with Gasteiger partial charge in [0.25, 0.3) is 5.69 Å². The van der Waals surface area contributed by atoms with Gasteiger partial charge in [0.05, 0.1) is 32.8 Å². The monoisotopic (exact) mass is 488 g/mol. The summed E-state index contributed by atoms with van der Waals surface area (Å²) >= 11 is 0. The molecule has 0 unspecified atom stereocenters. The van der Waals surface area contributed by atoms with Crippen LogP contribution in [0.15, 0.2) is 41.4 Å². The molecular weight excluding hydrogens is 467 g/mol. The van der Waals surface area contributed by atoms with Crippen molar-refractivity contribution in [3.05, 3.63) is 52.1 Å². The molecule has 0 aliphatic carbocycles. The number of non-ortho nitro benzene ring substituents is 1. The van der Waals surface area contributed by atoms with Gasteiger partial charge in [-0.05, 0) is 18.2 Å². The van der Waals surface area contributed by atoms with E-state index in [0.29, 0.717) is 28.5 Å². The molecule has 10 heteroatoms. The van der Waals surface area contributed by atoms with Crippen molar-refractivity contribution in [1.29, 1.82) is 0 Å². The van der Waals surface area contributed by atoms with Crippen molar-refractivity contribution in [3.8, 4) is 17.2 Å². The number of nitro groups is 1. The Labute approximate surface area is 173 Å². The van der Waals surface area contributed by atoms with E-state index in [4.69, 9.17) is 19.9 Å². The lowest BCUT2D eigenvalue weighted by atomic mass is 10.2. The minimum Gasteiger partial charge on any atom is -0.496 e. The predicted molar refractivity (Wildman–Crippen MR) is 114 cm³/mol. The predicted octanol–water partition coefficient (Wildman–Crippen LogP) is 3.17. The van der Waals surface area contributed by atoms with Gasteiger partial charge in [-0.2, -0.15) is 0 Å². The smallest absolute Gasteiger partial charge is 0.270 e. The molecule has 2 aromatic rings. The summed E-state index contributed by atoms with van der Waals surface area (Å²) in [5, 5.41) is 13.8. The number of nitrogens with one attached hydrogen (secondary N) is 1. The first kappa shape index (κ1) is 22.3. The molecule has 146 valence electrons. The van der Waals surface area contributed by atoms with Gasteiger partial charge in [-0.25, -0.2) is 4.99 Å². The van der Waals surface area contributed by atoms with Gasteiger partial charge in [0.15, 0.2) is 17.5 Å². The molecule has 0 saturated heterocycles. The average Bonchev–Trinajstić information content (AvgIpc) is 2.65. The third-order valence-electron chi connectivity index (χ3n) is 3.55. The Morgan fingerprint density at radius 2 is 1.70 bits per heavy atom. The molecule has 0 heterocycles. The highest BCUT2D eigenvalue weighted by Crippen LogP contribution is 2.29. The number of anilines is 1. The second-order valence-corrected chi connectivity index (χ2v) is 5.15. The molecule has 0 saturated carbocycles. The molecule has 0 aliphatic rings. The fourth-order valence-electron chi connectivity index (χ4n) is 2.27. The molecule has 0 radical (unpaired) electrons. The van der Waals surface area contributed by atoms with Gasteiger partial charge < -0.3 is 25.3 Å². The lowest BCUT2D eigenvalue weighted by Crippen LogP contribution is -2.22. The second-order valence-electron chi connectivity index (χ2n) is 5.15. The van der Waals surface area contributed by atoms with Gasteiger partial charge in [-0.15, -0.1) is 24.0 Å². The zero-order valence-electron chi connectivity index (χ0n) is 15.1. The summed E-state index contributed by atoms with van der Waals surface area (Å²) in [5.41, 5.74) is 7.07.